The van der Waals surface area contributed by atoms with E-state index in [0.29, 0.717) is 6.42 Å². The van der Waals surface area contributed by atoms with Crippen LogP contribution in [0.2, 0.25) is 0 Å². The van der Waals surface area contributed by atoms with Crippen molar-refractivity contribution in [2.45, 2.75) is 84.2 Å². The van der Waals surface area contributed by atoms with E-state index >= 15 is 0 Å². The molecule has 214 valence electrons. The number of phenols is 1. The fourth-order valence-corrected chi connectivity index (χ4v) is 3.49. The molecule has 0 saturated heterocycles. The van der Waals surface area contributed by atoms with Crippen LogP contribution in [0, 0.1) is 0 Å². The molecule has 1 atom stereocenters. The maximum Gasteiger partial charge on any atom is 0.347 e. The Balaban J connectivity index is 2.07. The van der Waals surface area contributed by atoms with E-state index in [1.165, 1.54) is 25.0 Å². The van der Waals surface area contributed by atoms with Gasteiger partial charge in [0.1, 0.15) is 12.4 Å². The Morgan fingerprint density at radius 1 is 0.846 bits per heavy atom. The first-order valence-corrected chi connectivity index (χ1v) is 14.2. The zero-order valence-electron chi connectivity index (χ0n) is 23.7. The topological polar surface area (TPSA) is 84.9 Å². The number of unbranched alkanes of at least 4 members (excludes halogenated alkanes) is 4. The standard InChI is InChI=1S/C33H47NO5/c1-3-5-6-7-8-9-10-11-12-13-14-15-16-17-18-19-20-23-27-38-31(4-2)33(37)39-28-26-34-32(36)29-24-21-22-25-30(29)35/h5-6,8-9,14-15,17-18,21-25,27,31,35H,3-4,7,10-13,16,19-20,26,28H2,1-2H3,(H,34,36). The highest BCUT2D eigenvalue weighted by atomic mass is 16.6. The number of amides is 1. The van der Waals surface area contributed by atoms with Crippen LogP contribution in [0.1, 0.15) is 88.4 Å². The first-order chi connectivity index (χ1) is 19.1. The Morgan fingerprint density at radius 3 is 2.10 bits per heavy atom. The third kappa shape index (κ3) is 17.6. The number of carbonyl (C=O) groups excluding carboxylic acids is 2. The second-order valence-corrected chi connectivity index (χ2v) is 8.97. The lowest BCUT2D eigenvalue weighted by atomic mass is 10.1. The van der Waals surface area contributed by atoms with E-state index in [0.717, 1.165) is 44.9 Å². The summed E-state index contributed by atoms with van der Waals surface area (Å²) in [7, 11) is 0. The number of ether oxygens (including phenoxy) is 2. The number of nitrogens with one attached hydrogen (secondary N) is 1. The van der Waals surface area contributed by atoms with Gasteiger partial charge in [-0.1, -0.05) is 74.6 Å². The van der Waals surface area contributed by atoms with Crippen LogP contribution in [-0.4, -0.2) is 36.2 Å². The summed E-state index contributed by atoms with van der Waals surface area (Å²) < 4.78 is 10.7. The highest BCUT2D eigenvalue weighted by Gasteiger charge is 2.18. The molecule has 1 aromatic carbocycles. The molecule has 0 aliphatic carbocycles. The first kappa shape index (κ1) is 33.5. The minimum Gasteiger partial charge on any atom is -0.507 e. The van der Waals surface area contributed by atoms with Crippen LogP contribution in [0.15, 0.2) is 85.2 Å². The van der Waals surface area contributed by atoms with Crippen LogP contribution in [-0.2, 0) is 14.3 Å². The Kier molecular flexibility index (Phi) is 20.2. The normalized spacial score (nSPS) is 12.8. The molecule has 1 amide bonds. The SMILES string of the molecule is CCC=CCC=CCCCCC=CCC=CCCC=COC(CC)C(=O)OCCNC(=O)c1ccccc1O. The fraction of sp³-hybridized carbons (Fsp3) is 0.455. The minimum absolute atomic E-state index is 0.0233. The summed E-state index contributed by atoms with van der Waals surface area (Å²) in [4.78, 5) is 24.3. The predicted octanol–water partition coefficient (Wildman–Crippen LogP) is 7.73. The van der Waals surface area contributed by atoms with Gasteiger partial charge in [0.25, 0.3) is 5.91 Å². The number of hydrogen-bond donors (Lipinski definition) is 2. The van der Waals surface area contributed by atoms with E-state index in [-0.39, 0.29) is 24.5 Å². The number of carbonyl (C=O) groups is 2. The van der Waals surface area contributed by atoms with Gasteiger partial charge in [0.15, 0.2) is 6.10 Å². The molecule has 0 aliphatic heterocycles. The number of rotatable bonds is 21. The molecule has 0 heterocycles. The van der Waals surface area contributed by atoms with E-state index in [2.05, 4.69) is 60.8 Å². The molecule has 0 spiro atoms. The molecule has 39 heavy (non-hydrogen) atoms. The van der Waals surface area contributed by atoms with Gasteiger partial charge in [-0.05, 0) is 82.4 Å². The zero-order valence-corrected chi connectivity index (χ0v) is 23.7. The van der Waals surface area contributed by atoms with Crippen LogP contribution in [0.4, 0.5) is 0 Å². The van der Waals surface area contributed by atoms with Gasteiger partial charge in [-0.3, -0.25) is 4.79 Å². The van der Waals surface area contributed by atoms with E-state index in [1.807, 2.05) is 13.0 Å². The molecular formula is C33H47NO5. The molecule has 1 unspecified atom stereocenters. The van der Waals surface area contributed by atoms with Crippen molar-refractivity contribution in [1.82, 2.24) is 5.32 Å². The maximum absolute atomic E-state index is 12.2. The molecule has 0 saturated carbocycles. The molecule has 0 aliphatic rings. The average molecular weight is 538 g/mol. The summed E-state index contributed by atoms with van der Waals surface area (Å²) in [5.74, 6) is -0.991. The number of para-hydroxylation sites is 1. The van der Waals surface area contributed by atoms with Crippen molar-refractivity contribution in [1.29, 1.82) is 0 Å². The lowest BCUT2D eigenvalue weighted by Gasteiger charge is -2.14. The quantitative estimate of drug-likeness (QED) is 0.0725. The fourth-order valence-electron chi connectivity index (χ4n) is 3.49. The third-order valence-corrected chi connectivity index (χ3v) is 5.69. The molecular weight excluding hydrogens is 490 g/mol. The van der Waals surface area contributed by atoms with Crippen LogP contribution >= 0.6 is 0 Å². The summed E-state index contributed by atoms with van der Waals surface area (Å²) >= 11 is 0. The molecule has 0 aromatic heterocycles. The predicted molar refractivity (Wildman–Crippen MR) is 159 cm³/mol. The monoisotopic (exact) mass is 537 g/mol. The number of aromatic hydroxyl groups is 1. The Morgan fingerprint density at radius 2 is 1.46 bits per heavy atom. The van der Waals surface area contributed by atoms with Crippen molar-refractivity contribution in [2.75, 3.05) is 13.2 Å². The smallest absolute Gasteiger partial charge is 0.347 e. The summed E-state index contributed by atoms with van der Waals surface area (Å²) in [6.45, 7) is 4.17. The van der Waals surface area contributed by atoms with E-state index in [1.54, 1.807) is 18.4 Å². The Hall–Kier alpha value is -3.54. The first-order valence-electron chi connectivity index (χ1n) is 14.2. The van der Waals surface area contributed by atoms with Gasteiger partial charge in [-0.25, -0.2) is 4.79 Å². The highest BCUT2D eigenvalue weighted by molar-refractivity contribution is 5.96. The van der Waals surface area contributed by atoms with Crippen molar-refractivity contribution in [2.24, 2.45) is 0 Å². The van der Waals surface area contributed by atoms with Gasteiger partial charge in [-0.2, -0.15) is 0 Å². The van der Waals surface area contributed by atoms with Gasteiger partial charge in [0.2, 0.25) is 0 Å². The molecule has 2 N–H and O–H groups in total. The molecule has 6 heteroatoms. The number of hydrogen-bond acceptors (Lipinski definition) is 5. The largest absolute Gasteiger partial charge is 0.507 e. The van der Waals surface area contributed by atoms with Gasteiger partial charge < -0.3 is 19.9 Å². The van der Waals surface area contributed by atoms with Crippen LogP contribution in [0.3, 0.4) is 0 Å². The highest BCUT2D eigenvalue weighted by Crippen LogP contribution is 2.14. The van der Waals surface area contributed by atoms with Gasteiger partial charge >= 0.3 is 5.97 Å². The minimum atomic E-state index is -0.685. The van der Waals surface area contributed by atoms with Gasteiger partial charge in [-0.15, -0.1) is 0 Å². The molecule has 1 aromatic rings. The maximum atomic E-state index is 12.2. The summed E-state index contributed by atoms with van der Waals surface area (Å²) in [5.41, 5.74) is 0.177. The Labute approximate surface area is 235 Å². The van der Waals surface area contributed by atoms with Gasteiger partial charge in [0, 0.05) is 0 Å². The van der Waals surface area contributed by atoms with Gasteiger partial charge in [0.05, 0.1) is 18.4 Å². The molecule has 6 nitrogen and oxygen atoms in total. The van der Waals surface area contributed by atoms with Crippen LogP contribution in [0.5, 0.6) is 5.75 Å². The summed E-state index contributed by atoms with van der Waals surface area (Å²) in [6, 6.07) is 6.27. The van der Waals surface area contributed by atoms with Crippen molar-refractivity contribution in [3.8, 4) is 5.75 Å². The van der Waals surface area contributed by atoms with Crippen molar-refractivity contribution in [3.05, 3.63) is 90.8 Å². The van der Waals surface area contributed by atoms with E-state index in [9.17, 15) is 14.7 Å². The number of allylic oxidation sites excluding steroid dienone is 9. The van der Waals surface area contributed by atoms with E-state index in [4.69, 9.17) is 9.47 Å². The van der Waals surface area contributed by atoms with Crippen LogP contribution < -0.4 is 5.32 Å². The second-order valence-electron chi connectivity index (χ2n) is 8.97. The third-order valence-electron chi connectivity index (χ3n) is 5.69. The summed E-state index contributed by atoms with van der Waals surface area (Å²) in [5, 5.41) is 12.3. The number of benzene rings is 1. The number of esters is 1. The van der Waals surface area contributed by atoms with Crippen LogP contribution in [0.25, 0.3) is 0 Å². The molecule has 1 rings (SSSR count). The van der Waals surface area contributed by atoms with Crippen molar-refractivity contribution in [3.63, 3.8) is 0 Å². The second kappa shape index (κ2) is 23.6. The molecule has 0 bridgehead atoms. The van der Waals surface area contributed by atoms with Crippen molar-refractivity contribution >= 4 is 11.9 Å². The van der Waals surface area contributed by atoms with Crippen molar-refractivity contribution < 1.29 is 24.2 Å². The Bertz CT molecular complexity index is 945. The number of phenolic OH excluding ortho intramolecular Hbond substituents is 1. The lowest BCUT2D eigenvalue weighted by Crippen LogP contribution is -2.31. The summed E-state index contributed by atoms with van der Waals surface area (Å²) in [6.07, 6.45) is 30.6. The lowest BCUT2D eigenvalue weighted by molar-refractivity contribution is -0.153. The van der Waals surface area contributed by atoms with E-state index < -0.39 is 18.0 Å². The molecule has 0 fully saturated rings. The molecule has 0 radical (unpaired) electrons. The average Bonchev–Trinajstić information content (AvgIpc) is 2.94. The zero-order chi connectivity index (χ0) is 28.4.